The zero-order valence-corrected chi connectivity index (χ0v) is 16.6. The summed E-state index contributed by atoms with van der Waals surface area (Å²) in [6, 6.07) is 13.2. The van der Waals surface area contributed by atoms with Crippen LogP contribution in [0.1, 0.15) is 11.1 Å². The number of hydrogen-bond donors (Lipinski definition) is 2. The smallest absolute Gasteiger partial charge is 0.419 e. The minimum absolute atomic E-state index is 0. The molecule has 29 heavy (non-hydrogen) atoms. The summed E-state index contributed by atoms with van der Waals surface area (Å²) in [6.07, 6.45) is -5.38. The largest absolute Gasteiger partial charge is 0.490 e. The average molecular weight is 433 g/mol. The number of hydrogen-bond acceptors (Lipinski definition) is 4. The molecular weight excluding hydrogens is 409 g/mol. The summed E-state index contributed by atoms with van der Waals surface area (Å²) in [5.74, 6) is -0.748. The molecule has 0 heterocycles. The van der Waals surface area contributed by atoms with Crippen LogP contribution in [0.25, 0.3) is 0 Å². The monoisotopic (exact) mass is 432 g/mol. The number of para-hydroxylation sites is 1. The van der Waals surface area contributed by atoms with Gasteiger partial charge in [0, 0.05) is 13.6 Å². The Labute approximate surface area is 173 Å². The van der Waals surface area contributed by atoms with Gasteiger partial charge >= 0.3 is 6.18 Å². The van der Waals surface area contributed by atoms with Gasteiger partial charge in [-0.3, -0.25) is 4.79 Å². The standard InChI is InChI=1S/C20H23F3N2O3.ClH/c1-25(19(27)17(24)11-14-7-3-2-4-8-14)12-15(26)13-28-18-10-6-5-9-16(18)20(21,22)23;/h2-10,15,17,26H,11-13,24H2,1H3;1H/t15?,17-;/m0./s1. The molecule has 2 aromatic rings. The molecule has 0 fully saturated rings. The fraction of sp³-hybridized carbons (Fsp3) is 0.350. The van der Waals surface area contributed by atoms with Crippen molar-refractivity contribution in [2.45, 2.75) is 24.7 Å². The number of amides is 1. The SMILES string of the molecule is CN(CC(O)COc1ccccc1C(F)(F)F)C(=O)[C@@H](N)Cc1ccccc1.Cl. The average Bonchev–Trinajstić information content (AvgIpc) is 2.66. The maximum absolute atomic E-state index is 12.9. The van der Waals surface area contributed by atoms with Crippen molar-refractivity contribution in [3.63, 3.8) is 0 Å². The second kappa shape index (κ2) is 11.0. The van der Waals surface area contributed by atoms with Crippen LogP contribution in [0.15, 0.2) is 54.6 Å². The molecule has 160 valence electrons. The summed E-state index contributed by atoms with van der Waals surface area (Å²) in [5.41, 5.74) is 5.92. The van der Waals surface area contributed by atoms with Crippen molar-refractivity contribution in [2.24, 2.45) is 5.73 Å². The maximum atomic E-state index is 12.9. The molecule has 0 radical (unpaired) electrons. The van der Waals surface area contributed by atoms with E-state index in [1.165, 1.54) is 30.1 Å². The first kappa shape index (κ1) is 24.7. The number of halogens is 4. The molecule has 0 aliphatic rings. The quantitative estimate of drug-likeness (QED) is 0.672. The third kappa shape index (κ3) is 7.56. The predicted molar refractivity (Wildman–Crippen MR) is 106 cm³/mol. The lowest BCUT2D eigenvalue weighted by Gasteiger charge is -2.24. The van der Waals surface area contributed by atoms with E-state index in [2.05, 4.69) is 0 Å². The Morgan fingerprint density at radius 1 is 1.14 bits per heavy atom. The number of carbonyl (C=O) groups excluding carboxylic acids is 1. The zero-order chi connectivity index (χ0) is 20.7. The highest BCUT2D eigenvalue weighted by atomic mass is 35.5. The number of rotatable bonds is 8. The molecule has 0 spiro atoms. The number of carbonyl (C=O) groups is 1. The number of aliphatic hydroxyl groups excluding tert-OH is 1. The molecule has 2 rings (SSSR count). The van der Waals surface area contributed by atoms with Crippen molar-refractivity contribution in [2.75, 3.05) is 20.2 Å². The van der Waals surface area contributed by atoms with E-state index >= 15 is 0 Å². The van der Waals surface area contributed by atoms with Gasteiger partial charge in [0.2, 0.25) is 5.91 Å². The maximum Gasteiger partial charge on any atom is 0.419 e. The fourth-order valence-corrected chi connectivity index (χ4v) is 2.71. The van der Waals surface area contributed by atoms with Crippen molar-refractivity contribution in [1.82, 2.24) is 4.90 Å². The van der Waals surface area contributed by atoms with Gasteiger partial charge in [0.25, 0.3) is 0 Å². The lowest BCUT2D eigenvalue weighted by atomic mass is 10.1. The third-order valence-electron chi connectivity index (χ3n) is 4.10. The van der Waals surface area contributed by atoms with E-state index in [4.69, 9.17) is 10.5 Å². The van der Waals surface area contributed by atoms with E-state index in [9.17, 15) is 23.1 Å². The van der Waals surface area contributed by atoms with Crippen LogP contribution in [0.2, 0.25) is 0 Å². The van der Waals surface area contributed by atoms with Gasteiger partial charge in [-0.1, -0.05) is 42.5 Å². The number of ether oxygens (including phenoxy) is 1. The first-order chi connectivity index (χ1) is 13.2. The van der Waals surface area contributed by atoms with Crippen molar-refractivity contribution in [3.8, 4) is 5.75 Å². The van der Waals surface area contributed by atoms with Crippen molar-refractivity contribution < 1.29 is 27.8 Å². The molecular formula is C20H24ClF3N2O3. The fourth-order valence-electron chi connectivity index (χ4n) is 2.71. The van der Waals surface area contributed by atoms with E-state index in [-0.39, 0.29) is 30.6 Å². The Hall–Kier alpha value is -2.29. The van der Waals surface area contributed by atoms with Crippen LogP contribution < -0.4 is 10.5 Å². The normalized spacial score (nSPS) is 13.2. The number of benzene rings is 2. The lowest BCUT2D eigenvalue weighted by Crippen LogP contribution is -2.46. The van der Waals surface area contributed by atoms with Crippen LogP contribution in [-0.4, -0.2) is 48.3 Å². The molecule has 3 N–H and O–H groups in total. The van der Waals surface area contributed by atoms with Crippen LogP contribution in [0.3, 0.4) is 0 Å². The summed E-state index contributed by atoms with van der Waals surface area (Å²) < 4.78 is 44.0. The van der Waals surface area contributed by atoms with Gasteiger partial charge in [0.05, 0.1) is 11.6 Å². The van der Waals surface area contributed by atoms with Gasteiger partial charge in [-0.2, -0.15) is 13.2 Å². The Balaban J connectivity index is 0.00000420. The molecule has 2 atom stereocenters. The number of likely N-dealkylation sites (N-methyl/N-ethyl adjacent to an activating group) is 1. The highest BCUT2D eigenvalue weighted by Gasteiger charge is 2.34. The molecule has 1 unspecified atom stereocenters. The second-order valence-electron chi connectivity index (χ2n) is 6.47. The van der Waals surface area contributed by atoms with Gasteiger partial charge in [0.15, 0.2) is 0 Å². The number of nitrogens with zero attached hydrogens (tertiary/aromatic N) is 1. The molecule has 0 saturated heterocycles. The lowest BCUT2D eigenvalue weighted by molar-refractivity contribution is -0.139. The summed E-state index contributed by atoms with van der Waals surface area (Å²) in [5, 5.41) is 10.1. The third-order valence-corrected chi connectivity index (χ3v) is 4.10. The van der Waals surface area contributed by atoms with Crippen LogP contribution in [0.4, 0.5) is 13.2 Å². The van der Waals surface area contributed by atoms with Crippen LogP contribution in [-0.2, 0) is 17.4 Å². The number of aliphatic hydroxyl groups is 1. The van der Waals surface area contributed by atoms with Gasteiger partial charge in [0.1, 0.15) is 18.5 Å². The van der Waals surface area contributed by atoms with Gasteiger partial charge in [-0.05, 0) is 24.1 Å². The van der Waals surface area contributed by atoms with E-state index in [1.54, 1.807) is 0 Å². The molecule has 1 amide bonds. The topological polar surface area (TPSA) is 75.8 Å². The summed E-state index contributed by atoms with van der Waals surface area (Å²) in [6.45, 7) is -0.506. The molecule has 2 aromatic carbocycles. The molecule has 0 aromatic heterocycles. The second-order valence-corrected chi connectivity index (χ2v) is 6.47. The zero-order valence-electron chi connectivity index (χ0n) is 15.8. The van der Waals surface area contributed by atoms with E-state index in [0.29, 0.717) is 6.42 Å². The number of nitrogens with two attached hydrogens (primary N) is 1. The van der Waals surface area contributed by atoms with E-state index in [1.807, 2.05) is 30.3 Å². The molecule has 9 heteroatoms. The molecule has 0 bridgehead atoms. The van der Waals surface area contributed by atoms with Crippen LogP contribution >= 0.6 is 12.4 Å². The first-order valence-corrected chi connectivity index (χ1v) is 8.70. The minimum atomic E-state index is -4.56. The van der Waals surface area contributed by atoms with E-state index < -0.39 is 30.5 Å². The molecule has 0 aliphatic carbocycles. The van der Waals surface area contributed by atoms with Crippen molar-refractivity contribution in [1.29, 1.82) is 0 Å². The minimum Gasteiger partial charge on any atom is -0.490 e. The van der Waals surface area contributed by atoms with Gasteiger partial charge < -0.3 is 20.5 Å². The summed E-state index contributed by atoms with van der Waals surface area (Å²) in [4.78, 5) is 13.6. The summed E-state index contributed by atoms with van der Waals surface area (Å²) >= 11 is 0. The van der Waals surface area contributed by atoms with Crippen molar-refractivity contribution >= 4 is 18.3 Å². The first-order valence-electron chi connectivity index (χ1n) is 8.70. The Morgan fingerprint density at radius 2 is 1.72 bits per heavy atom. The Kier molecular flexibility index (Phi) is 9.42. The Bertz CT molecular complexity index is 775. The van der Waals surface area contributed by atoms with Crippen LogP contribution in [0, 0.1) is 0 Å². The van der Waals surface area contributed by atoms with E-state index in [0.717, 1.165) is 11.6 Å². The highest BCUT2D eigenvalue weighted by Crippen LogP contribution is 2.35. The summed E-state index contributed by atoms with van der Waals surface area (Å²) in [7, 11) is 1.47. The van der Waals surface area contributed by atoms with Gasteiger partial charge in [-0.15, -0.1) is 12.4 Å². The van der Waals surface area contributed by atoms with Crippen LogP contribution in [0.5, 0.6) is 5.75 Å². The molecule has 0 aliphatic heterocycles. The highest BCUT2D eigenvalue weighted by molar-refractivity contribution is 5.85. The van der Waals surface area contributed by atoms with Crippen molar-refractivity contribution in [3.05, 3.63) is 65.7 Å². The molecule has 5 nitrogen and oxygen atoms in total. The Morgan fingerprint density at radius 3 is 2.34 bits per heavy atom. The number of alkyl halides is 3. The molecule has 0 saturated carbocycles. The van der Waals surface area contributed by atoms with Gasteiger partial charge in [-0.25, -0.2) is 0 Å². The predicted octanol–water partition coefficient (Wildman–Crippen LogP) is 2.90.